The smallest absolute Gasteiger partial charge is 0.251 e. The first kappa shape index (κ1) is 21.1. The Hall–Kier alpha value is -3.63. The Morgan fingerprint density at radius 3 is 2.47 bits per heavy atom. The van der Waals surface area contributed by atoms with E-state index in [1.165, 1.54) is 12.1 Å². The summed E-state index contributed by atoms with van der Waals surface area (Å²) >= 11 is 0. The van der Waals surface area contributed by atoms with E-state index in [-0.39, 0.29) is 24.0 Å². The van der Waals surface area contributed by atoms with Crippen LogP contribution in [0.25, 0.3) is 0 Å². The predicted molar refractivity (Wildman–Crippen MR) is 113 cm³/mol. The van der Waals surface area contributed by atoms with Gasteiger partial charge in [-0.05, 0) is 42.0 Å². The lowest BCUT2D eigenvalue weighted by Gasteiger charge is -2.10. The fourth-order valence-corrected chi connectivity index (χ4v) is 3.41. The minimum atomic E-state index is -3.25. The van der Waals surface area contributed by atoms with Crippen molar-refractivity contribution in [2.24, 2.45) is 0 Å². The number of ether oxygens (including phenoxy) is 1. The molecule has 30 heavy (non-hydrogen) atoms. The lowest BCUT2D eigenvalue weighted by molar-refractivity contribution is 0.0950. The second kappa shape index (κ2) is 9.25. The van der Waals surface area contributed by atoms with Crippen molar-refractivity contribution < 1.29 is 17.9 Å². The Kier molecular flexibility index (Phi) is 6.50. The van der Waals surface area contributed by atoms with Crippen molar-refractivity contribution in [3.63, 3.8) is 0 Å². The molecule has 0 spiro atoms. The largest absolute Gasteiger partial charge is 0.489 e. The van der Waals surface area contributed by atoms with Crippen LogP contribution >= 0.6 is 0 Å². The van der Waals surface area contributed by atoms with Crippen molar-refractivity contribution in [1.29, 1.82) is 5.26 Å². The van der Waals surface area contributed by atoms with Gasteiger partial charge in [0.1, 0.15) is 12.4 Å². The number of amides is 1. The highest BCUT2D eigenvalue weighted by atomic mass is 32.2. The molecule has 0 aliphatic heterocycles. The van der Waals surface area contributed by atoms with Crippen LogP contribution in [0.4, 0.5) is 0 Å². The number of benzene rings is 3. The Morgan fingerprint density at radius 1 is 1.03 bits per heavy atom. The molecule has 6 nitrogen and oxygen atoms in total. The van der Waals surface area contributed by atoms with Crippen molar-refractivity contribution in [3.05, 3.63) is 95.1 Å². The van der Waals surface area contributed by atoms with Gasteiger partial charge in [0, 0.05) is 23.9 Å². The van der Waals surface area contributed by atoms with Gasteiger partial charge in [-0.25, -0.2) is 8.42 Å². The summed E-state index contributed by atoms with van der Waals surface area (Å²) in [5, 5.41) is 12.0. The number of hydrogen-bond donors (Lipinski definition) is 1. The molecule has 0 aliphatic carbocycles. The molecule has 0 atom stereocenters. The van der Waals surface area contributed by atoms with Crippen LogP contribution in [0, 0.1) is 11.3 Å². The molecule has 0 aromatic heterocycles. The van der Waals surface area contributed by atoms with Gasteiger partial charge >= 0.3 is 0 Å². The number of nitrogens with one attached hydrogen (secondary N) is 1. The summed E-state index contributed by atoms with van der Waals surface area (Å²) in [4.78, 5) is 12.7. The van der Waals surface area contributed by atoms with E-state index >= 15 is 0 Å². The Morgan fingerprint density at radius 2 is 1.77 bits per heavy atom. The van der Waals surface area contributed by atoms with Crippen LogP contribution in [0.15, 0.2) is 77.7 Å². The predicted octanol–water partition coefficient (Wildman–Crippen LogP) is 3.47. The van der Waals surface area contributed by atoms with E-state index in [0.29, 0.717) is 16.9 Å². The normalized spacial score (nSPS) is 10.8. The lowest BCUT2D eigenvalue weighted by Crippen LogP contribution is -2.22. The summed E-state index contributed by atoms with van der Waals surface area (Å²) in [7, 11) is -3.25. The van der Waals surface area contributed by atoms with Gasteiger partial charge in [0.05, 0.1) is 16.5 Å². The highest BCUT2D eigenvalue weighted by Gasteiger charge is 2.09. The molecule has 3 rings (SSSR count). The fourth-order valence-electron chi connectivity index (χ4n) is 2.78. The van der Waals surface area contributed by atoms with Gasteiger partial charge in [-0.3, -0.25) is 4.79 Å². The summed E-state index contributed by atoms with van der Waals surface area (Å²) in [5.74, 6) is 0.248. The third-order valence-corrected chi connectivity index (χ3v) is 5.56. The first-order valence-electron chi connectivity index (χ1n) is 9.15. The number of sulfone groups is 1. The molecule has 152 valence electrons. The molecule has 0 radical (unpaired) electrons. The van der Waals surface area contributed by atoms with E-state index in [0.717, 1.165) is 17.4 Å². The van der Waals surface area contributed by atoms with Crippen molar-refractivity contribution >= 4 is 15.7 Å². The Balaban J connectivity index is 1.61. The number of rotatable bonds is 7. The van der Waals surface area contributed by atoms with E-state index in [1.54, 1.807) is 48.5 Å². The van der Waals surface area contributed by atoms with Gasteiger partial charge in [0.15, 0.2) is 9.84 Å². The summed E-state index contributed by atoms with van der Waals surface area (Å²) in [6.45, 7) is 0.491. The summed E-state index contributed by atoms with van der Waals surface area (Å²) < 4.78 is 28.8. The standard InChI is InChI=1S/C23H20N2O4S/c1-30(27,28)22-11-9-17(10-12-22)15-25-23(26)18-7-4-8-21(13-18)29-16-20-6-3-2-5-19(20)14-24/h2-13H,15-16H2,1H3,(H,25,26). The van der Waals surface area contributed by atoms with Gasteiger partial charge in [-0.15, -0.1) is 0 Å². The van der Waals surface area contributed by atoms with Crippen molar-refractivity contribution in [1.82, 2.24) is 5.32 Å². The monoisotopic (exact) mass is 420 g/mol. The number of hydrogen-bond acceptors (Lipinski definition) is 5. The quantitative estimate of drug-likeness (QED) is 0.631. The maximum absolute atomic E-state index is 12.5. The molecule has 0 aliphatic rings. The van der Waals surface area contributed by atoms with Crippen molar-refractivity contribution in [2.75, 3.05) is 6.26 Å². The second-order valence-electron chi connectivity index (χ2n) is 6.68. The number of nitriles is 1. The molecule has 0 bridgehead atoms. The molecule has 0 unspecified atom stereocenters. The van der Waals surface area contributed by atoms with Gasteiger partial charge in [0.25, 0.3) is 5.91 Å². The average molecular weight is 420 g/mol. The van der Waals surface area contributed by atoms with Gasteiger partial charge in [0.2, 0.25) is 0 Å². The summed E-state index contributed by atoms with van der Waals surface area (Å²) in [6.07, 6.45) is 1.15. The number of nitrogens with zero attached hydrogens (tertiary/aromatic N) is 1. The maximum Gasteiger partial charge on any atom is 0.251 e. The van der Waals surface area contributed by atoms with Crippen LogP contribution in [0.3, 0.4) is 0 Å². The fraction of sp³-hybridized carbons (Fsp3) is 0.130. The van der Waals surface area contributed by atoms with Crippen LogP contribution < -0.4 is 10.1 Å². The van der Waals surface area contributed by atoms with Gasteiger partial charge in [-0.2, -0.15) is 5.26 Å². The van der Waals surface area contributed by atoms with Gasteiger partial charge < -0.3 is 10.1 Å². The first-order chi connectivity index (χ1) is 14.4. The molecule has 0 heterocycles. The average Bonchev–Trinajstić information content (AvgIpc) is 2.76. The molecule has 3 aromatic carbocycles. The number of carbonyl (C=O) groups is 1. The van der Waals surface area contributed by atoms with E-state index in [9.17, 15) is 13.2 Å². The molecular formula is C23H20N2O4S. The van der Waals surface area contributed by atoms with Crippen LogP contribution in [-0.4, -0.2) is 20.6 Å². The molecule has 3 aromatic rings. The molecular weight excluding hydrogens is 400 g/mol. The molecule has 0 fully saturated rings. The van der Waals surface area contributed by atoms with Crippen LogP contribution in [0.2, 0.25) is 0 Å². The van der Waals surface area contributed by atoms with E-state index < -0.39 is 9.84 Å². The Labute approximate surface area is 175 Å². The maximum atomic E-state index is 12.5. The summed E-state index contributed by atoms with van der Waals surface area (Å²) in [5.41, 5.74) is 2.55. The van der Waals surface area contributed by atoms with Crippen molar-refractivity contribution in [2.45, 2.75) is 18.0 Å². The summed E-state index contributed by atoms with van der Waals surface area (Å²) in [6, 6.07) is 22.5. The van der Waals surface area contributed by atoms with Gasteiger partial charge in [-0.1, -0.05) is 36.4 Å². The molecule has 0 saturated heterocycles. The highest BCUT2D eigenvalue weighted by molar-refractivity contribution is 7.90. The van der Waals surface area contributed by atoms with E-state index in [4.69, 9.17) is 10.00 Å². The molecule has 7 heteroatoms. The van der Waals surface area contributed by atoms with Crippen LogP contribution in [0.5, 0.6) is 5.75 Å². The third kappa shape index (κ3) is 5.46. The zero-order valence-electron chi connectivity index (χ0n) is 16.3. The van der Waals surface area contributed by atoms with E-state index in [2.05, 4.69) is 11.4 Å². The second-order valence-corrected chi connectivity index (χ2v) is 8.70. The highest BCUT2D eigenvalue weighted by Crippen LogP contribution is 2.17. The minimum Gasteiger partial charge on any atom is -0.489 e. The zero-order valence-corrected chi connectivity index (χ0v) is 17.1. The zero-order chi connectivity index (χ0) is 21.6. The lowest BCUT2D eigenvalue weighted by atomic mass is 10.1. The first-order valence-corrected chi connectivity index (χ1v) is 11.0. The third-order valence-electron chi connectivity index (χ3n) is 4.43. The molecule has 0 saturated carbocycles. The Bertz CT molecular complexity index is 1200. The number of carbonyl (C=O) groups excluding carboxylic acids is 1. The van der Waals surface area contributed by atoms with Crippen LogP contribution in [-0.2, 0) is 23.0 Å². The topological polar surface area (TPSA) is 96.3 Å². The molecule has 1 N–H and O–H groups in total. The van der Waals surface area contributed by atoms with Crippen molar-refractivity contribution in [3.8, 4) is 11.8 Å². The molecule has 1 amide bonds. The minimum absolute atomic E-state index is 0.224. The van der Waals surface area contributed by atoms with Crippen LogP contribution in [0.1, 0.15) is 27.0 Å². The van der Waals surface area contributed by atoms with E-state index in [1.807, 2.05) is 12.1 Å². The SMILES string of the molecule is CS(=O)(=O)c1ccc(CNC(=O)c2cccc(OCc3ccccc3C#N)c2)cc1.